The summed E-state index contributed by atoms with van der Waals surface area (Å²) >= 11 is 0. The van der Waals surface area contributed by atoms with Crippen LogP contribution in [0.1, 0.15) is 92.9 Å². The largest absolute Gasteiger partial charge is 0.379 e. The van der Waals surface area contributed by atoms with E-state index in [9.17, 15) is 0 Å². The molecule has 0 radical (unpaired) electrons. The molecule has 3 rings (SSSR count). The van der Waals surface area contributed by atoms with Gasteiger partial charge in [0.2, 0.25) is 6.33 Å². The summed E-state index contributed by atoms with van der Waals surface area (Å²) in [7, 11) is 11.9. The van der Waals surface area contributed by atoms with E-state index in [1.807, 2.05) is 31.7 Å². The standard InChI is InChI=1S/C10H20N.C6H11N2.C6H15NO.C5H13NO.C4H10.C2H6.2CH3/c1-3-7-11(8-4-1)9-5-2-6-10-11;1-3-8-5-4-7(2)6-8;1-4-7(2)5-6-8-3;1-6(2)4-5-7-3;1-3-4-2;1-2;;/h1-10H2;4-6H,3H2,1-2H3;4-6H2,1-3H3;4-5H2,1-3H3;3-4H2,1-2H3;1-2H3;2*1H3/q2*+1;;;;;2*-1/p+2. The first kappa shape index (κ1) is 50.6. The molecule has 2 aliphatic rings. The van der Waals surface area contributed by atoms with Crippen LogP contribution in [0.4, 0.5) is 0 Å². The number of unbranched alkanes of at least 4 members (excludes halogenated alkanes) is 1. The number of aryl methyl sites for hydroxylation is 2. The molecule has 1 spiro atoms. The maximum atomic E-state index is 4.89. The number of likely N-dealkylation sites (N-methyl/N-ethyl adjacent to an activating group) is 2. The zero-order chi connectivity index (χ0) is 31.1. The Morgan fingerprint density at radius 3 is 1.40 bits per heavy atom. The van der Waals surface area contributed by atoms with Gasteiger partial charge in [-0.1, -0.05) is 40.5 Å². The Morgan fingerprint density at radius 2 is 1.17 bits per heavy atom. The number of imidazole rings is 1. The van der Waals surface area contributed by atoms with E-state index in [0.717, 1.165) is 32.8 Å². The van der Waals surface area contributed by atoms with Crippen molar-refractivity contribution in [2.45, 2.75) is 99.5 Å². The maximum Gasteiger partial charge on any atom is 0.243 e. The fourth-order valence-corrected chi connectivity index (χ4v) is 4.26. The van der Waals surface area contributed by atoms with Crippen LogP contribution in [0.25, 0.3) is 0 Å². The van der Waals surface area contributed by atoms with Crippen molar-refractivity contribution in [3.8, 4) is 0 Å². The molecule has 1 aromatic rings. The molecule has 7 nitrogen and oxygen atoms in total. The summed E-state index contributed by atoms with van der Waals surface area (Å²) in [6.07, 6.45) is 17.8. The van der Waals surface area contributed by atoms with Crippen molar-refractivity contribution in [2.75, 3.05) is 94.4 Å². The Bertz CT molecular complexity index is 562. The minimum Gasteiger partial charge on any atom is -0.379 e. The lowest BCUT2D eigenvalue weighted by Crippen LogP contribution is -3.09. The molecule has 3 heterocycles. The number of aromatic nitrogens is 2. The van der Waals surface area contributed by atoms with Gasteiger partial charge in [-0.2, -0.15) is 0 Å². The van der Waals surface area contributed by atoms with Crippen LogP contribution < -0.4 is 14.4 Å². The van der Waals surface area contributed by atoms with E-state index in [2.05, 4.69) is 65.9 Å². The number of ether oxygens (including phenoxy) is 2. The van der Waals surface area contributed by atoms with E-state index in [4.69, 9.17) is 9.47 Å². The summed E-state index contributed by atoms with van der Waals surface area (Å²) in [6.45, 7) is 24.8. The van der Waals surface area contributed by atoms with Gasteiger partial charge in [-0.05, 0) is 52.4 Å². The molecule has 1 aromatic heterocycles. The van der Waals surface area contributed by atoms with Crippen molar-refractivity contribution in [1.82, 2.24) is 4.57 Å². The summed E-state index contributed by atoms with van der Waals surface area (Å²) in [5.74, 6) is 0. The molecule has 2 saturated heterocycles. The molecular weight excluding hydrogens is 522 g/mol. The first-order valence-corrected chi connectivity index (χ1v) is 16.7. The van der Waals surface area contributed by atoms with Gasteiger partial charge in [0.05, 0.1) is 80.7 Å². The zero-order valence-electron chi connectivity index (χ0n) is 31.6. The molecule has 0 aromatic carbocycles. The second-order valence-electron chi connectivity index (χ2n) is 11.3. The number of piperidine rings is 2. The van der Waals surface area contributed by atoms with Crippen LogP contribution >= 0.6 is 0 Å². The number of rotatable bonds is 9. The van der Waals surface area contributed by atoms with Crippen molar-refractivity contribution < 1.29 is 28.3 Å². The van der Waals surface area contributed by atoms with Crippen LogP contribution in [-0.2, 0) is 23.1 Å². The molecule has 1 atom stereocenters. The summed E-state index contributed by atoms with van der Waals surface area (Å²) in [5, 5.41) is 0. The predicted molar refractivity (Wildman–Crippen MR) is 187 cm³/mol. The Hall–Kier alpha value is -0.990. The van der Waals surface area contributed by atoms with Crippen molar-refractivity contribution in [2.24, 2.45) is 7.05 Å². The van der Waals surface area contributed by atoms with Crippen molar-refractivity contribution in [3.63, 3.8) is 0 Å². The molecule has 2 fully saturated rings. The van der Waals surface area contributed by atoms with Crippen molar-refractivity contribution >= 4 is 0 Å². The van der Waals surface area contributed by atoms with Gasteiger partial charge in [0.1, 0.15) is 25.5 Å². The molecule has 2 N–H and O–H groups in total. The third-order valence-electron chi connectivity index (χ3n) is 7.36. The van der Waals surface area contributed by atoms with Crippen LogP contribution in [0.3, 0.4) is 0 Å². The van der Waals surface area contributed by atoms with Gasteiger partial charge in [0.25, 0.3) is 0 Å². The Balaban J connectivity index is -0.000000136. The molecule has 258 valence electrons. The van der Waals surface area contributed by atoms with Crippen LogP contribution in [-0.4, -0.2) is 103 Å². The van der Waals surface area contributed by atoms with E-state index in [1.54, 1.807) is 14.2 Å². The predicted octanol–water partition coefficient (Wildman–Crippen LogP) is 4.18. The van der Waals surface area contributed by atoms with Crippen LogP contribution in [0, 0.1) is 14.9 Å². The molecule has 0 bridgehead atoms. The van der Waals surface area contributed by atoms with E-state index in [1.165, 1.54) is 98.4 Å². The fourth-order valence-electron chi connectivity index (χ4n) is 4.26. The number of nitrogens with zero attached hydrogens (tertiary/aromatic N) is 3. The third-order valence-corrected chi connectivity index (χ3v) is 7.36. The Morgan fingerprint density at radius 1 is 0.738 bits per heavy atom. The van der Waals surface area contributed by atoms with Gasteiger partial charge < -0.3 is 38.6 Å². The molecule has 1 unspecified atom stereocenters. The van der Waals surface area contributed by atoms with Gasteiger partial charge in [-0.3, -0.25) is 0 Å². The molecule has 2 aliphatic heterocycles. The molecule has 0 amide bonds. The molecule has 42 heavy (non-hydrogen) atoms. The quantitative estimate of drug-likeness (QED) is 0.252. The van der Waals surface area contributed by atoms with E-state index in [-0.39, 0.29) is 14.9 Å². The highest BCUT2D eigenvalue weighted by molar-refractivity contribution is 4.63. The number of hydrogen-bond acceptors (Lipinski definition) is 2. The van der Waals surface area contributed by atoms with Gasteiger partial charge >= 0.3 is 0 Å². The lowest BCUT2D eigenvalue weighted by Gasteiger charge is -2.44. The molecule has 0 aliphatic carbocycles. The second kappa shape index (κ2) is 38.0. The summed E-state index contributed by atoms with van der Waals surface area (Å²) in [4.78, 5) is 2.95. The minimum atomic E-state index is 0. The van der Waals surface area contributed by atoms with E-state index in [0.29, 0.717) is 0 Å². The number of methoxy groups -OCH3 is 2. The topological polar surface area (TPSA) is 36.1 Å². The molecular formula is C35H83N5O2+2. The van der Waals surface area contributed by atoms with E-state index >= 15 is 0 Å². The SMILES string of the molecule is C1CC[N+]2(CC1)CCCCC2.CC.CCCC.CC[NH+](C)CCOC.CCn1cc[n+](C)c1.COCC[NH+](C)C.[CH3-].[CH3-]. The van der Waals surface area contributed by atoms with Crippen LogP contribution in [0.2, 0.25) is 0 Å². The lowest BCUT2D eigenvalue weighted by molar-refractivity contribution is -0.936. The third kappa shape index (κ3) is 33.5. The van der Waals surface area contributed by atoms with Gasteiger partial charge in [-0.15, -0.1) is 0 Å². The minimum absolute atomic E-state index is 0. The summed E-state index contributed by atoms with van der Waals surface area (Å²) in [5.41, 5.74) is 0. The normalized spacial score (nSPS) is 15.1. The maximum absolute atomic E-state index is 4.89. The summed E-state index contributed by atoms with van der Waals surface area (Å²) in [6, 6.07) is 0. The van der Waals surface area contributed by atoms with Crippen molar-refractivity contribution in [1.29, 1.82) is 0 Å². The van der Waals surface area contributed by atoms with E-state index < -0.39 is 0 Å². The number of quaternary nitrogens is 3. The number of hydrogen-bond donors (Lipinski definition) is 2. The highest BCUT2D eigenvalue weighted by Gasteiger charge is 2.30. The smallest absolute Gasteiger partial charge is 0.243 e. The summed E-state index contributed by atoms with van der Waals surface area (Å²) < 4.78 is 15.4. The average molecular weight is 606 g/mol. The highest BCUT2D eigenvalue weighted by Crippen LogP contribution is 2.24. The van der Waals surface area contributed by atoms with Crippen LogP contribution in [0.5, 0.6) is 0 Å². The number of nitrogens with one attached hydrogen (secondary N) is 2. The van der Waals surface area contributed by atoms with Gasteiger partial charge in [0, 0.05) is 14.2 Å². The molecule has 7 heteroatoms. The highest BCUT2D eigenvalue weighted by atomic mass is 16.5. The first-order valence-electron chi connectivity index (χ1n) is 16.7. The van der Waals surface area contributed by atoms with Gasteiger partial charge in [-0.25, -0.2) is 9.13 Å². The Kier molecular flexibility index (Phi) is 45.8. The van der Waals surface area contributed by atoms with Gasteiger partial charge in [0.15, 0.2) is 0 Å². The van der Waals surface area contributed by atoms with Crippen LogP contribution in [0.15, 0.2) is 18.7 Å². The first-order chi connectivity index (χ1) is 19.2. The molecule has 0 saturated carbocycles. The average Bonchev–Trinajstić information content (AvgIpc) is 3.43. The lowest BCUT2D eigenvalue weighted by atomic mass is 10.0. The van der Waals surface area contributed by atoms with Crippen molar-refractivity contribution in [3.05, 3.63) is 33.6 Å². The monoisotopic (exact) mass is 606 g/mol. The zero-order valence-corrected chi connectivity index (χ0v) is 31.6. The fraction of sp³-hybridized carbons (Fsp3) is 0.857. The Labute approximate surface area is 267 Å². The second-order valence-corrected chi connectivity index (χ2v) is 11.3.